The van der Waals surface area contributed by atoms with Crippen molar-refractivity contribution in [1.29, 1.82) is 0 Å². The Bertz CT molecular complexity index is 1120. The Kier molecular flexibility index (Phi) is 4.90. The van der Waals surface area contributed by atoms with Crippen molar-refractivity contribution in [2.45, 2.75) is 0 Å². The van der Waals surface area contributed by atoms with Gasteiger partial charge in [0.05, 0.1) is 5.69 Å². The normalized spacial score (nSPS) is 13.9. The molecule has 0 atom stereocenters. The van der Waals surface area contributed by atoms with Gasteiger partial charge in [0, 0.05) is 32.4 Å². The Morgan fingerprint density at radius 2 is 1.68 bits per heavy atom. The van der Waals surface area contributed by atoms with Gasteiger partial charge in [-0.25, -0.2) is 0 Å². The first-order chi connectivity index (χ1) is 13.5. The zero-order chi connectivity index (χ0) is 19.7. The molecule has 1 aliphatic heterocycles. The Morgan fingerprint density at radius 1 is 0.929 bits per heavy atom. The van der Waals surface area contributed by atoms with E-state index in [1.54, 1.807) is 48.5 Å². The molecule has 3 aromatic rings. The molecule has 2 amide bonds. The second-order valence-electron chi connectivity index (χ2n) is 6.29. The number of benzene rings is 3. The third kappa shape index (κ3) is 3.79. The molecule has 0 spiro atoms. The minimum atomic E-state index is -0.236. The second kappa shape index (κ2) is 7.50. The van der Waals surface area contributed by atoms with E-state index in [2.05, 4.69) is 10.6 Å². The SMILES string of the molecule is O=C1Nc2cc(Cl)ccc2/C1=C\c1cccc(NC(=O)c2ccc(Cl)cc2)c1. The van der Waals surface area contributed by atoms with Crippen LogP contribution in [-0.4, -0.2) is 11.8 Å². The first kappa shape index (κ1) is 18.3. The largest absolute Gasteiger partial charge is 0.322 e. The fourth-order valence-electron chi connectivity index (χ4n) is 2.99. The summed E-state index contributed by atoms with van der Waals surface area (Å²) >= 11 is 11.8. The minimum absolute atomic E-state index is 0.187. The fourth-order valence-corrected chi connectivity index (χ4v) is 3.29. The molecule has 3 aromatic carbocycles. The van der Waals surface area contributed by atoms with E-state index < -0.39 is 0 Å². The molecular formula is C22H14Cl2N2O2. The summed E-state index contributed by atoms with van der Waals surface area (Å²) in [4.78, 5) is 24.7. The molecule has 138 valence electrons. The molecule has 0 unspecified atom stereocenters. The van der Waals surface area contributed by atoms with E-state index in [-0.39, 0.29) is 11.8 Å². The molecule has 0 bridgehead atoms. The number of halogens is 2. The first-order valence-electron chi connectivity index (χ1n) is 8.49. The smallest absolute Gasteiger partial charge is 0.256 e. The summed E-state index contributed by atoms with van der Waals surface area (Å²) in [5.74, 6) is -0.423. The number of carbonyl (C=O) groups is 2. The Morgan fingerprint density at radius 3 is 2.46 bits per heavy atom. The lowest BCUT2D eigenvalue weighted by molar-refractivity contribution is -0.110. The highest BCUT2D eigenvalue weighted by molar-refractivity contribution is 6.36. The van der Waals surface area contributed by atoms with Gasteiger partial charge < -0.3 is 10.6 Å². The van der Waals surface area contributed by atoms with Crippen LogP contribution in [0.3, 0.4) is 0 Å². The van der Waals surface area contributed by atoms with Crippen LogP contribution in [0, 0.1) is 0 Å². The van der Waals surface area contributed by atoms with Crippen molar-refractivity contribution in [2.75, 3.05) is 10.6 Å². The van der Waals surface area contributed by atoms with E-state index >= 15 is 0 Å². The first-order valence-corrected chi connectivity index (χ1v) is 9.25. The molecule has 0 aromatic heterocycles. The highest BCUT2D eigenvalue weighted by atomic mass is 35.5. The van der Waals surface area contributed by atoms with Crippen LogP contribution in [0.15, 0.2) is 66.7 Å². The van der Waals surface area contributed by atoms with Crippen molar-refractivity contribution in [3.05, 3.63) is 93.5 Å². The monoisotopic (exact) mass is 408 g/mol. The van der Waals surface area contributed by atoms with Crippen molar-refractivity contribution < 1.29 is 9.59 Å². The average molecular weight is 409 g/mol. The average Bonchev–Trinajstić information content (AvgIpc) is 2.97. The van der Waals surface area contributed by atoms with Crippen LogP contribution in [0.2, 0.25) is 10.0 Å². The molecule has 0 fully saturated rings. The molecule has 1 heterocycles. The molecular weight excluding hydrogens is 395 g/mol. The number of nitrogens with one attached hydrogen (secondary N) is 2. The molecule has 28 heavy (non-hydrogen) atoms. The van der Waals surface area contributed by atoms with Crippen LogP contribution < -0.4 is 10.6 Å². The highest BCUT2D eigenvalue weighted by Gasteiger charge is 2.24. The number of rotatable bonds is 3. The van der Waals surface area contributed by atoms with E-state index in [1.807, 2.05) is 24.3 Å². The van der Waals surface area contributed by atoms with Gasteiger partial charge in [0.1, 0.15) is 0 Å². The van der Waals surface area contributed by atoms with Gasteiger partial charge in [0.15, 0.2) is 0 Å². The summed E-state index contributed by atoms with van der Waals surface area (Å²) in [6.07, 6.45) is 1.78. The van der Waals surface area contributed by atoms with Crippen LogP contribution in [-0.2, 0) is 4.79 Å². The van der Waals surface area contributed by atoms with Crippen molar-refractivity contribution in [3.8, 4) is 0 Å². The van der Waals surface area contributed by atoms with Gasteiger partial charge in [-0.2, -0.15) is 0 Å². The van der Waals surface area contributed by atoms with Gasteiger partial charge in [-0.1, -0.05) is 41.4 Å². The van der Waals surface area contributed by atoms with Crippen LogP contribution in [0.4, 0.5) is 11.4 Å². The summed E-state index contributed by atoms with van der Waals surface area (Å²) in [6, 6.07) is 19.2. The summed E-state index contributed by atoms with van der Waals surface area (Å²) in [7, 11) is 0. The molecule has 0 aliphatic carbocycles. The lowest BCUT2D eigenvalue weighted by Crippen LogP contribution is -2.11. The molecule has 6 heteroatoms. The minimum Gasteiger partial charge on any atom is -0.322 e. The molecule has 0 radical (unpaired) electrons. The van der Waals surface area contributed by atoms with Gasteiger partial charge >= 0.3 is 0 Å². The van der Waals surface area contributed by atoms with Gasteiger partial charge in [-0.15, -0.1) is 0 Å². The number of fused-ring (bicyclic) bond motifs is 1. The predicted molar refractivity (Wildman–Crippen MR) is 114 cm³/mol. The number of anilines is 2. The quantitative estimate of drug-likeness (QED) is 0.542. The fraction of sp³-hybridized carbons (Fsp3) is 0. The molecule has 4 nitrogen and oxygen atoms in total. The Hall–Kier alpha value is -3.08. The van der Waals surface area contributed by atoms with Crippen molar-refractivity contribution in [3.63, 3.8) is 0 Å². The van der Waals surface area contributed by atoms with E-state index in [0.29, 0.717) is 32.6 Å². The maximum Gasteiger partial charge on any atom is 0.256 e. The van der Waals surface area contributed by atoms with Crippen molar-refractivity contribution >= 4 is 58.0 Å². The molecule has 4 rings (SSSR count). The maximum atomic E-state index is 12.4. The predicted octanol–water partition coefficient (Wildman–Crippen LogP) is 5.74. The molecule has 0 saturated carbocycles. The van der Waals surface area contributed by atoms with E-state index in [4.69, 9.17) is 23.2 Å². The highest BCUT2D eigenvalue weighted by Crippen LogP contribution is 2.35. The van der Waals surface area contributed by atoms with Crippen LogP contribution in [0.1, 0.15) is 21.5 Å². The third-order valence-corrected chi connectivity index (χ3v) is 4.81. The summed E-state index contributed by atoms with van der Waals surface area (Å²) in [5.41, 5.74) is 3.97. The van der Waals surface area contributed by atoms with E-state index in [9.17, 15) is 9.59 Å². The zero-order valence-corrected chi connectivity index (χ0v) is 16.0. The van der Waals surface area contributed by atoms with E-state index in [0.717, 1.165) is 11.1 Å². The zero-order valence-electron chi connectivity index (χ0n) is 14.5. The standard InChI is InChI=1S/C22H14Cl2N2O2/c23-15-6-4-14(5-7-15)21(27)25-17-3-1-2-13(10-17)11-19-18-9-8-16(24)12-20(18)26-22(19)28/h1-12H,(H,25,27)(H,26,28)/b19-11+. The molecule has 1 aliphatic rings. The topological polar surface area (TPSA) is 58.2 Å². The van der Waals surface area contributed by atoms with Gasteiger partial charge in [-0.3, -0.25) is 9.59 Å². The summed E-state index contributed by atoms with van der Waals surface area (Å²) in [6.45, 7) is 0. The van der Waals surface area contributed by atoms with Gasteiger partial charge in [-0.05, 0) is 60.2 Å². The molecule has 2 N–H and O–H groups in total. The van der Waals surface area contributed by atoms with Crippen LogP contribution in [0.5, 0.6) is 0 Å². The number of hydrogen-bond donors (Lipinski definition) is 2. The van der Waals surface area contributed by atoms with Crippen molar-refractivity contribution in [2.24, 2.45) is 0 Å². The van der Waals surface area contributed by atoms with Gasteiger partial charge in [0.2, 0.25) is 0 Å². The van der Waals surface area contributed by atoms with Gasteiger partial charge in [0.25, 0.3) is 11.8 Å². The van der Waals surface area contributed by atoms with Crippen LogP contribution in [0.25, 0.3) is 11.6 Å². The number of hydrogen-bond acceptors (Lipinski definition) is 2. The number of amides is 2. The molecule has 0 saturated heterocycles. The van der Waals surface area contributed by atoms with Crippen molar-refractivity contribution in [1.82, 2.24) is 0 Å². The lowest BCUT2D eigenvalue weighted by atomic mass is 10.0. The third-order valence-electron chi connectivity index (χ3n) is 4.33. The Labute approximate surface area is 171 Å². The summed E-state index contributed by atoms with van der Waals surface area (Å²) < 4.78 is 0. The second-order valence-corrected chi connectivity index (χ2v) is 7.16. The Balaban J connectivity index is 1.59. The number of carbonyl (C=O) groups excluding carboxylic acids is 2. The van der Waals surface area contributed by atoms with E-state index in [1.165, 1.54) is 0 Å². The lowest BCUT2D eigenvalue weighted by Gasteiger charge is -2.07. The maximum absolute atomic E-state index is 12.4. The summed E-state index contributed by atoms with van der Waals surface area (Å²) in [5, 5.41) is 6.79. The van der Waals surface area contributed by atoms with Crippen LogP contribution >= 0.6 is 23.2 Å².